The summed E-state index contributed by atoms with van der Waals surface area (Å²) >= 11 is 0. The summed E-state index contributed by atoms with van der Waals surface area (Å²) in [6.07, 6.45) is 2.19. The molecule has 0 bridgehead atoms. The molecule has 0 atom stereocenters. The van der Waals surface area contributed by atoms with Crippen LogP contribution in [0.3, 0.4) is 0 Å². The van der Waals surface area contributed by atoms with Gasteiger partial charge in [-0.15, -0.1) is 0 Å². The quantitative estimate of drug-likeness (QED) is 0.783. The SMILES string of the molecule is CCN(CC)C(=O)COc1ccc(/C=C/C(=O)O)cc1F. The number of ether oxygens (including phenoxy) is 1. The smallest absolute Gasteiger partial charge is 0.328 e. The normalized spacial score (nSPS) is 10.6. The van der Waals surface area contributed by atoms with Crippen molar-refractivity contribution in [2.45, 2.75) is 13.8 Å². The second-order valence-electron chi connectivity index (χ2n) is 4.22. The maximum atomic E-state index is 13.8. The van der Waals surface area contributed by atoms with E-state index in [2.05, 4.69) is 0 Å². The number of likely N-dealkylation sites (N-methyl/N-ethyl adjacent to an activating group) is 1. The van der Waals surface area contributed by atoms with E-state index < -0.39 is 11.8 Å². The highest BCUT2D eigenvalue weighted by molar-refractivity contribution is 5.85. The van der Waals surface area contributed by atoms with Gasteiger partial charge in [-0.3, -0.25) is 4.79 Å². The number of carbonyl (C=O) groups is 2. The van der Waals surface area contributed by atoms with E-state index in [9.17, 15) is 14.0 Å². The number of carbonyl (C=O) groups excluding carboxylic acids is 1. The molecule has 0 fully saturated rings. The highest BCUT2D eigenvalue weighted by Crippen LogP contribution is 2.19. The van der Waals surface area contributed by atoms with Crippen molar-refractivity contribution in [2.24, 2.45) is 0 Å². The Balaban J connectivity index is 2.69. The third-order valence-electron chi connectivity index (χ3n) is 2.84. The molecule has 0 aliphatic rings. The minimum absolute atomic E-state index is 0.0389. The molecule has 0 unspecified atom stereocenters. The van der Waals surface area contributed by atoms with E-state index in [4.69, 9.17) is 9.84 Å². The molecule has 0 radical (unpaired) electrons. The molecule has 6 heteroatoms. The molecule has 114 valence electrons. The Morgan fingerprint density at radius 3 is 2.52 bits per heavy atom. The Bertz CT molecular complexity index is 538. The van der Waals surface area contributed by atoms with Crippen molar-refractivity contribution in [3.8, 4) is 5.75 Å². The zero-order valence-electron chi connectivity index (χ0n) is 12.0. The molecule has 0 spiro atoms. The van der Waals surface area contributed by atoms with Crippen molar-refractivity contribution < 1.29 is 23.8 Å². The molecule has 1 aromatic rings. The molecule has 0 aromatic heterocycles. The third-order valence-corrected chi connectivity index (χ3v) is 2.84. The zero-order valence-corrected chi connectivity index (χ0v) is 12.0. The predicted molar refractivity (Wildman–Crippen MR) is 76.5 cm³/mol. The van der Waals surface area contributed by atoms with Gasteiger partial charge in [0.1, 0.15) is 0 Å². The molecule has 0 saturated heterocycles. The monoisotopic (exact) mass is 295 g/mol. The number of amides is 1. The summed E-state index contributed by atoms with van der Waals surface area (Å²) in [5.74, 6) is -2.01. The van der Waals surface area contributed by atoms with Crippen molar-refractivity contribution in [1.29, 1.82) is 0 Å². The largest absolute Gasteiger partial charge is 0.481 e. The molecular weight excluding hydrogens is 277 g/mol. The number of benzene rings is 1. The Morgan fingerprint density at radius 2 is 2.00 bits per heavy atom. The summed E-state index contributed by atoms with van der Waals surface area (Å²) in [4.78, 5) is 23.7. The highest BCUT2D eigenvalue weighted by Gasteiger charge is 2.12. The van der Waals surface area contributed by atoms with E-state index in [1.807, 2.05) is 13.8 Å². The van der Waals surface area contributed by atoms with Crippen molar-refractivity contribution in [2.75, 3.05) is 19.7 Å². The molecule has 0 aliphatic carbocycles. The number of aliphatic carboxylic acids is 1. The minimum atomic E-state index is -1.11. The summed E-state index contributed by atoms with van der Waals surface area (Å²) in [5.41, 5.74) is 0.400. The van der Waals surface area contributed by atoms with Crippen molar-refractivity contribution in [3.63, 3.8) is 0 Å². The topological polar surface area (TPSA) is 66.8 Å². The zero-order chi connectivity index (χ0) is 15.8. The van der Waals surface area contributed by atoms with Crippen LogP contribution in [0.5, 0.6) is 5.75 Å². The summed E-state index contributed by atoms with van der Waals surface area (Å²) in [5, 5.41) is 8.50. The molecular formula is C15H18FNO4. The van der Waals surface area contributed by atoms with Crippen molar-refractivity contribution in [1.82, 2.24) is 4.90 Å². The highest BCUT2D eigenvalue weighted by atomic mass is 19.1. The van der Waals surface area contributed by atoms with Gasteiger partial charge in [0.25, 0.3) is 5.91 Å². The molecule has 1 amide bonds. The number of hydrogen-bond acceptors (Lipinski definition) is 3. The van der Waals surface area contributed by atoms with Crippen LogP contribution in [0, 0.1) is 5.82 Å². The van der Waals surface area contributed by atoms with E-state index >= 15 is 0 Å². The minimum Gasteiger partial charge on any atom is -0.481 e. The van der Waals surface area contributed by atoms with Gasteiger partial charge >= 0.3 is 5.97 Å². The second-order valence-corrected chi connectivity index (χ2v) is 4.22. The lowest BCUT2D eigenvalue weighted by Gasteiger charge is -2.18. The number of rotatable bonds is 7. The maximum Gasteiger partial charge on any atom is 0.328 e. The number of hydrogen-bond donors (Lipinski definition) is 1. The van der Waals surface area contributed by atoms with Gasteiger partial charge in [0.2, 0.25) is 0 Å². The van der Waals surface area contributed by atoms with Gasteiger partial charge in [0, 0.05) is 19.2 Å². The van der Waals surface area contributed by atoms with Crippen molar-refractivity contribution >= 4 is 18.0 Å². The van der Waals surface area contributed by atoms with E-state index in [0.29, 0.717) is 18.7 Å². The van der Waals surface area contributed by atoms with Crippen LogP contribution < -0.4 is 4.74 Å². The number of carboxylic acids is 1. The van der Waals surface area contributed by atoms with Crippen LogP contribution in [-0.4, -0.2) is 41.6 Å². The first-order valence-corrected chi connectivity index (χ1v) is 6.59. The molecule has 0 heterocycles. The van der Waals surface area contributed by atoms with Crippen LogP contribution in [0.1, 0.15) is 19.4 Å². The fourth-order valence-corrected chi connectivity index (χ4v) is 1.71. The Morgan fingerprint density at radius 1 is 1.33 bits per heavy atom. The van der Waals surface area contributed by atoms with Crippen LogP contribution in [0.4, 0.5) is 4.39 Å². The summed E-state index contributed by atoms with van der Waals surface area (Å²) in [6.45, 7) is 4.61. The van der Waals surface area contributed by atoms with Gasteiger partial charge < -0.3 is 14.7 Å². The first-order chi connectivity index (χ1) is 9.97. The van der Waals surface area contributed by atoms with Gasteiger partial charge in [-0.1, -0.05) is 6.07 Å². The lowest BCUT2D eigenvalue weighted by atomic mass is 10.2. The molecule has 1 N–H and O–H groups in total. The van der Waals surface area contributed by atoms with Crippen molar-refractivity contribution in [3.05, 3.63) is 35.7 Å². The van der Waals surface area contributed by atoms with Gasteiger partial charge in [-0.05, 0) is 37.6 Å². The second kappa shape index (κ2) is 8.04. The first kappa shape index (κ1) is 16.7. The lowest BCUT2D eigenvalue weighted by Crippen LogP contribution is -2.34. The number of nitrogens with zero attached hydrogens (tertiary/aromatic N) is 1. The number of carboxylic acid groups (broad SMARTS) is 1. The van der Waals surface area contributed by atoms with Gasteiger partial charge in [0.15, 0.2) is 18.2 Å². The predicted octanol–water partition coefficient (Wildman–Crippen LogP) is 2.17. The molecule has 0 saturated carbocycles. The van der Waals surface area contributed by atoms with Crippen LogP contribution in [0.2, 0.25) is 0 Å². The van der Waals surface area contributed by atoms with Gasteiger partial charge in [0.05, 0.1) is 0 Å². The van der Waals surface area contributed by atoms with E-state index in [0.717, 1.165) is 12.1 Å². The fourth-order valence-electron chi connectivity index (χ4n) is 1.71. The van der Waals surface area contributed by atoms with E-state index in [-0.39, 0.29) is 18.3 Å². The molecule has 21 heavy (non-hydrogen) atoms. The van der Waals surface area contributed by atoms with Crippen LogP contribution in [-0.2, 0) is 9.59 Å². The summed E-state index contributed by atoms with van der Waals surface area (Å²) in [6, 6.07) is 4.03. The molecule has 1 rings (SSSR count). The van der Waals surface area contributed by atoms with Crippen LogP contribution in [0.15, 0.2) is 24.3 Å². The molecule has 5 nitrogen and oxygen atoms in total. The van der Waals surface area contributed by atoms with Gasteiger partial charge in [-0.2, -0.15) is 0 Å². The average molecular weight is 295 g/mol. The Kier molecular flexibility index (Phi) is 6.39. The standard InChI is InChI=1S/C15H18FNO4/c1-3-17(4-2)14(18)10-21-13-7-5-11(9-12(13)16)6-8-15(19)20/h5-9H,3-4,10H2,1-2H3,(H,19,20)/b8-6+. The van der Waals surface area contributed by atoms with E-state index in [1.165, 1.54) is 18.2 Å². The van der Waals surface area contributed by atoms with Gasteiger partial charge in [-0.25, -0.2) is 9.18 Å². The number of halogens is 1. The van der Waals surface area contributed by atoms with Crippen LogP contribution >= 0.6 is 0 Å². The van der Waals surface area contributed by atoms with E-state index in [1.54, 1.807) is 4.90 Å². The maximum absolute atomic E-state index is 13.8. The summed E-state index contributed by atoms with van der Waals surface area (Å²) < 4.78 is 18.9. The Hall–Kier alpha value is -2.37. The molecule has 0 aliphatic heterocycles. The fraction of sp³-hybridized carbons (Fsp3) is 0.333. The van der Waals surface area contributed by atoms with Crippen LogP contribution in [0.25, 0.3) is 6.08 Å². The lowest BCUT2D eigenvalue weighted by molar-refractivity contribution is -0.133. The Labute approximate surface area is 122 Å². The first-order valence-electron chi connectivity index (χ1n) is 6.59. The third kappa shape index (κ3) is 5.25. The molecule has 1 aromatic carbocycles. The summed E-state index contributed by atoms with van der Waals surface area (Å²) in [7, 11) is 0. The average Bonchev–Trinajstić information content (AvgIpc) is 2.45.